The molecule has 1 rings (SSSR count). The molecule has 3 N–H and O–H groups in total. The molecule has 17 heavy (non-hydrogen) atoms. The van der Waals surface area contributed by atoms with Gasteiger partial charge in [0.05, 0.1) is 0 Å². The van der Waals surface area contributed by atoms with Gasteiger partial charge in [0.2, 0.25) is 0 Å². The van der Waals surface area contributed by atoms with E-state index in [4.69, 9.17) is 11.1 Å². The molecule has 1 aromatic rings. The molecule has 0 atom stereocenters. The summed E-state index contributed by atoms with van der Waals surface area (Å²) in [6.07, 6.45) is 2.13. The Morgan fingerprint density at radius 2 is 2.18 bits per heavy atom. The van der Waals surface area contributed by atoms with Gasteiger partial charge in [0, 0.05) is 24.4 Å². The number of nitrogens with one attached hydrogen (secondary N) is 1. The van der Waals surface area contributed by atoms with Gasteiger partial charge in [-0.25, -0.2) is 0 Å². The third-order valence-corrected chi connectivity index (χ3v) is 3.36. The number of thioether (sulfide) groups is 1. The summed E-state index contributed by atoms with van der Waals surface area (Å²) in [5.41, 5.74) is 8.78. The molecule has 0 heterocycles. The second kappa shape index (κ2) is 6.67. The molecule has 0 spiro atoms. The third-order valence-electron chi connectivity index (χ3n) is 2.77. The van der Waals surface area contributed by atoms with Gasteiger partial charge in [0.1, 0.15) is 5.84 Å². The maximum Gasteiger partial charge on any atom is 0.122 e. The largest absolute Gasteiger partial charge is 0.384 e. The molecule has 0 aromatic heterocycles. The first-order chi connectivity index (χ1) is 8.04. The first-order valence-corrected chi connectivity index (χ1v) is 7.05. The van der Waals surface area contributed by atoms with Gasteiger partial charge in [-0.3, -0.25) is 5.41 Å². The van der Waals surface area contributed by atoms with Crippen molar-refractivity contribution in [2.24, 2.45) is 5.73 Å². The van der Waals surface area contributed by atoms with E-state index < -0.39 is 0 Å². The van der Waals surface area contributed by atoms with Gasteiger partial charge in [0.15, 0.2) is 0 Å². The topological polar surface area (TPSA) is 53.1 Å². The fraction of sp³-hybridized carbons (Fsp3) is 0.462. The number of amidine groups is 1. The molecule has 0 radical (unpaired) electrons. The Morgan fingerprint density at radius 3 is 2.71 bits per heavy atom. The quantitative estimate of drug-likeness (QED) is 0.601. The Balaban J connectivity index is 2.69. The lowest BCUT2D eigenvalue weighted by Gasteiger charge is -2.17. The fourth-order valence-electron chi connectivity index (χ4n) is 1.66. The molecule has 0 aliphatic heterocycles. The summed E-state index contributed by atoms with van der Waals surface area (Å²) < 4.78 is 0. The van der Waals surface area contributed by atoms with Crippen LogP contribution in [0, 0.1) is 12.3 Å². The van der Waals surface area contributed by atoms with Crippen molar-refractivity contribution in [3.63, 3.8) is 0 Å². The number of nitrogen functional groups attached to an aromatic ring is 1. The Morgan fingerprint density at radius 1 is 1.47 bits per heavy atom. The normalized spacial score (nSPS) is 10.8. The second-order valence-corrected chi connectivity index (χ2v) is 5.27. The van der Waals surface area contributed by atoms with Gasteiger partial charge in [-0.1, -0.05) is 12.1 Å². The Labute approximate surface area is 108 Å². The van der Waals surface area contributed by atoms with Gasteiger partial charge < -0.3 is 10.6 Å². The van der Waals surface area contributed by atoms with Gasteiger partial charge in [-0.05, 0) is 37.4 Å². The van der Waals surface area contributed by atoms with Crippen molar-refractivity contribution in [2.75, 3.05) is 25.6 Å². The predicted molar refractivity (Wildman–Crippen MR) is 76.9 cm³/mol. The summed E-state index contributed by atoms with van der Waals surface area (Å²) in [7, 11) is 2.13. The average Bonchev–Trinajstić information content (AvgIpc) is 2.28. The number of nitrogens with two attached hydrogens (primary N) is 1. The van der Waals surface area contributed by atoms with Crippen molar-refractivity contribution < 1.29 is 0 Å². The number of rotatable bonds is 6. The van der Waals surface area contributed by atoms with E-state index in [0.29, 0.717) is 0 Å². The van der Waals surface area contributed by atoms with Crippen molar-refractivity contribution >= 4 is 17.6 Å². The molecule has 0 aliphatic rings. The highest BCUT2D eigenvalue weighted by molar-refractivity contribution is 7.98. The van der Waals surface area contributed by atoms with Crippen LogP contribution < -0.4 is 5.73 Å². The fourth-order valence-corrected chi connectivity index (χ4v) is 2.15. The van der Waals surface area contributed by atoms with Gasteiger partial charge in [-0.15, -0.1) is 0 Å². The predicted octanol–water partition coefficient (Wildman–Crippen LogP) is 2.07. The van der Waals surface area contributed by atoms with Gasteiger partial charge >= 0.3 is 0 Å². The molecule has 0 bridgehead atoms. The van der Waals surface area contributed by atoms with Crippen LogP contribution >= 0.6 is 11.8 Å². The highest BCUT2D eigenvalue weighted by Gasteiger charge is 2.05. The molecule has 0 fully saturated rings. The molecule has 1 aromatic carbocycles. The number of benzene rings is 1. The van der Waals surface area contributed by atoms with Crippen molar-refractivity contribution in [3.05, 3.63) is 34.9 Å². The van der Waals surface area contributed by atoms with E-state index in [-0.39, 0.29) is 5.84 Å². The highest BCUT2D eigenvalue weighted by atomic mass is 32.2. The van der Waals surface area contributed by atoms with Crippen LogP contribution in [-0.2, 0) is 6.54 Å². The van der Waals surface area contributed by atoms with Crippen LogP contribution in [0.15, 0.2) is 18.2 Å². The van der Waals surface area contributed by atoms with Crippen molar-refractivity contribution in [1.29, 1.82) is 5.41 Å². The molecular weight excluding hydrogens is 230 g/mol. The SMILES string of the molecule is CSCCN(C)Cc1ccc(C(=N)N)cc1C. The second-order valence-electron chi connectivity index (χ2n) is 4.29. The van der Waals surface area contributed by atoms with Gasteiger partial charge in [0.25, 0.3) is 0 Å². The van der Waals surface area contributed by atoms with Crippen molar-refractivity contribution in [3.8, 4) is 0 Å². The van der Waals surface area contributed by atoms with Crippen LogP contribution in [0.4, 0.5) is 0 Å². The van der Waals surface area contributed by atoms with E-state index in [2.05, 4.69) is 31.2 Å². The zero-order valence-corrected chi connectivity index (χ0v) is 11.6. The van der Waals surface area contributed by atoms with Crippen LogP contribution in [0.25, 0.3) is 0 Å². The highest BCUT2D eigenvalue weighted by Crippen LogP contribution is 2.13. The van der Waals surface area contributed by atoms with Crippen molar-refractivity contribution in [1.82, 2.24) is 4.90 Å². The smallest absolute Gasteiger partial charge is 0.122 e. The number of hydrogen-bond acceptors (Lipinski definition) is 3. The third kappa shape index (κ3) is 4.40. The van der Waals surface area contributed by atoms with Crippen LogP contribution in [0.1, 0.15) is 16.7 Å². The molecule has 0 saturated carbocycles. The zero-order chi connectivity index (χ0) is 12.8. The van der Waals surface area contributed by atoms with Crippen LogP contribution in [-0.4, -0.2) is 36.3 Å². The van der Waals surface area contributed by atoms with E-state index in [0.717, 1.165) is 24.4 Å². The summed E-state index contributed by atoms with van der Waals surface area (Å²) in [5, 5.41) is 7.40. The number of hydrogen-bond donors (Lipinski definition) is 2. The number of nitrogens with zero attached hydrogens (tertiary/aromatic N) is 1. The lowest BCUT2D eigenvalue weighted by atomic mass is 10.0. The van der Waals surface area contributed by atoms with Crippen molar-refractivity contribution in [2.45, 2.75) is 13.5 Å². The summed E-state index contributed by atoms with van der Waals surface area (Å²) in [6, 6.07) is 5.98. The van der Waals surface area contributed by atoms with E-state index in [9.17, 15) is 0 Å². The molecule has 0 amide bonds. The molecule has 0 unspecified atom stereocenters. The monoisotopic (exact) mass is 251 g/mol. The van der Waals surface area contributed by atoms with Crippen LogP contribution in [0.2, 0.25) is 0 Å². The van der Waals surface area contributed by atoms with E-state index in [1.807, 2.05) is 23.9 Å². The number of aryl methyl sites for hydroxylation is 1. The van der Waals surface area contributed by atoms with Crippen LogP contribution in [0.3, 0.4) is 0 Å². The standard InChI is InChI=1S/C13H21N3S/c1-10-8-11(13(14)15)4-5-12(10)9-16(2)6-7-17-3/h4-5,8H,6-7,9H2,1-3H3,(H3,14,15). The van der Waals surface area contributed by atoms with Gasteiger partial charge in [-0.2, -0.15) is 11.8 Å². The maximum absolute atomic E-state index is 7.40. The average molecular weight is 251 g/mol. The summed E-state index contributed by atoms with van der Waals surface area (Å²) >= 11 is 1.86. The van der Waals surface area contributed by atoms with E-state index in [1.54, 1.807) is 0 Å². The first kappa shape index (κ1) is 14.1. The minimum Gasteiger partial charge on any atom is -0.384 e. The lowest BCUT2D eigenvalue weighted by molar-refractivity contribution is 0.348. The summed E-state index contributed by atoms with van der Waals surface area (Å²) in [4.78, 5) is 2.31. The molecule has 0 aliphatic carbocycles. The Bertz CT molecular complexity index is 390. The minimum absolute atomic E-state index is 0.135. The first-order valence-electron chi connectivity index (χ1n) is 5.66. The van der Waals surface area contributed by atoms with E-state index >= 15 is 0 Å². The zero-order valence-electron chi connectivity index (χ0n) is 10.8. The van der Waals surface area contributed by atoms with E-state index in [1.165, 1.54) is 11.1 Å². The molecule has 3 nitrogen and oxygen atoms in total. The molecule has 4 heteroatoms. The maximum atomic E-state index is 7.40. The minimum atomic E-state index is 0.135. The summed E-state index contributed by atoms with van der Waals surface area (Å²) in [5.74, 6) is 1.29. The lowest BCUT2D eigenvalue weighted by Crippen LogP contribution is -2.21. The van der Waals surface area contributed by atoms with Crippen LogP contribution in [0.5, 0.6) is 0 Å². The molecular formula is C13H21N3S. The Hall–Kier alpha value is -1.00. The summed E-state index contributed by atoms with van der Waals surface area (Å²) in [6.45, 7) is 4.11. The molecule has 94 valence electrons. The Kier molecular flexibility index (Phi) is 5.51. The molecule has 0 saturated heterocycles.